The first-order chi connectivity index (χ1) is 8.83. The van der Waals surface area contributed by atoms with Crippen LogP contribution in [-0.2, 0) is 9.53 Å². The van der Waals surface area contributed by atoms with Crippen LogP contribution >= 0.6 is 0 Å². The molecule has 112 valence electrons. The van der Waals surface area contributed by atoms with Gasteiger partial charge in [-0.25, -0.2) is 4.79 Å². The molecule has 1 atom stereocenters. The molecule has 0 aliphatic heterocycles. The van der Waals surface area contributed by atoms with Crippen molar-refractivity contribution in [1.29, 1.82) is 0 Å². The molecular weight excluding hydrogens is 240 g/mol. The van der Waals surface area contributed by atoms with E-state index < -0.39 is 5.54 Å². The van der Waals surface area contributed by atoms with Crippen LogP contribution in [0.5, 0.6) is 0 Å². The minimum atomic E-state index is -0.538. The molecule has 0 radical (unpaired) electrons. The average Bonchev–Trinajstić information content (AvgIpc) is 3.11. The van der Waals surface area contributed by atoms with Crippen molar-refractivity contribution in [1.82, 2.24) is 10.2 Å². The number of hydrogen-bond acceptors (Lipinski definition) is 4. The predicted octanol–water partition coefficient (Wildman–Crippen LogP) is 2.04. The molecule has 4 nitrogen and oxygen atoms in total. The molecule has 19 heavy (non-hydrogen) atoms. The number of carbonyl (C=O) groups is 1. The highest BCUT2D eigenvalue weighted by atomic mass is 16.5. The minimum Gasteiger partial charge on any atom is -0.465 e. The van der Waals surface area contributed by atoms with Gasteiger partial charge >= 0.3 is 5.97 Å². The van der Waals surface area contributed by atoms with Crippen LogP contribution in [0.3, 0.4) is 0 Å². The van der Waals surface area contributed by atoms with Crippen LogP contribution in [0.2, 0.25) is 0 Å². The highest BCUT2D eigenvalue weighted by molar-refractivity contribution is 5.82. The molecule has 0 saturated heterocycles. The number of likely N-dealkylation sites (N-methyl/N-ethyl adjacent to an activating group) is 1. The van der Waals surface area contributed by atoms with Gasteiger partial charge in [-0.1, -0.05) is 0 Å². The molecular formula is C15H30N2O2. The van der Waals surface area contributed by atoms with Gasteiger partial charge < -0.3 is 9.64 Å². The van der Waals surface area contributed by atoms with E-state index in [1.54, 1.807) is 0 Å². The molecule has 4 heteroatoms. The molecule has 1 saturated carbocycles. The van der Waals surface area contributed by atoms with Gasteiger partial charge in [-0.05, 0) is 60.4 Å². The van der Waals surface area contributed by atoms with E-state index >= 15 is 0 Å². The lowest BCUT2D eigenvalue weighted by Gasteiger charge is -2.39. The van der Waals surface area contributed by atoms with Crippen LogP contribution in [0.15, 0.2) is 0 Å². The maximum Gasteiger partial charge on any atom is 0.327 e. The van der Waals surface area contributed by atoms with Crippen molar-refractivity contribution < 1.29 is 9.53 Å². The van der Waals surface area contributed by atoms with Crippen LogP contribution in [0.4, 0.5) is 0 Å². The highest BCUT2D eigenvalue weighted by Crippen LogP contribution is 2.41. The number of ether oxygens (including phenoxy) is 1. The second kappa shape index (κ2) is 6.71. The van der Waals surface area contributed by atoms with E-state index in [0.717, 1.165) is 12.8 Å². The van der Waals surface area contributed by atoms with Gasteiger partial charge in [0.1, 0.15) is 5.54 Å². The number of esters is 1. The normalized spacial score (nSPS) is 19.0. The first-order valence-corrected chi connectivity index (χ1v) is 7.48. The Morgan fingerprint density at radius 2 is 1.95 bits per heavy atom. The Kier molecular flexibility index (Phi) is 5.81. The van der Waals surface area contributed by atoms with E-state index in [4.69, 9.17) is 4.74 Å². The summed E-state index contributed by atoms with van der Waals surface area (Å²) >= 11 is 0. The molecule has 1 aliphatic carbocycles. The van der Waals surface area contributed by atoms with E-state index in [9.17, 15) is 4.79 Å². The quantitative estimate of drug-likeness (QED) is 0.685. The number of nitrogens with one attached hydrogen (secondary N) is 1. The fourth-order valence-corrected chi connectivity index (χ4v) is 2.51. The number of hydrogen-bond donors (Lipinski definition) is 1. The SMILES string of the molecule is CCOC(=O)C(CN(C)C(C)C)(NC(C)C)C1CC1. The van der Waals surface area contributed by atoms with E-state index in [0.29, 0.717) is 25.1 Å². The molecule has 1 aliphatic rings. The summed E-state index contributed by atoms with van der Waals surface area (Å²) in [5, 5.41) is 3.51. The molecule has 0 heterocycles. The molecule has 1 fully saturated rings. The van der Waals surface area contributed by atoms with Crippen molar-refractivity contribution in [3.05, 3.63) is 0 Å². The number of carbonyl (C=O) groups excluding carboxylic acids is 1. The van der Waals surface area contributed by atoms with Gasteiger partial charge in [0.25, 0.3) is 0 Å². The van der Waals surface area contributed by atoms with Gasteiger partial charge in [-0.3, -0.25) is 5.32 Å². The lowest BCUT2D eigenvalue weighted by atomic mass is 9.91. The third-order valence-corrected chi connectivity index (χ3v) is 3.84. The van der Waals surface area contributed by atoms with Crippen LogP contribution in [0.1, 0.15) is 47.5 Å². The Labute approximate surface area is 117 Å². The fraction of sp³-hybridized carbons (Fsp3) is 0.933. The maximum atomic E-state index is 12.5. The third kappa shape index (κ3) is 4.18. The Hall–Kier alpha value is -0.610. The molecule has 0 spiro atoms. The molecule has 0 aromatic carbocycles. The molecule has 1 unspecified atom stereocenters. The van der Waals surface area contributed by atoms with Gasteiger partial charge in [0.15, 0.2) is 0 Å². The Morgan fingerprint density at radius 1 is 1.37 bits per heavy atom. The minimum absolute atomic E-state index is 0.0845. The summed E-state index contributed by atoms with van der Waals surface area (Å²) < 4.78 is 5.36. The van der Waals surface area contributed by atoms with Crippen LogP contribution < -0.4 is 5.32 Å². The number of nitrogens with zero attached hydrogens (tertiary/aromatic N) is 1. The summed E-state index contributed by atoms with van der Waals surface area (Å²) in [4.78, 5) is 14.8. The molecule has 0 amide bonds. The van der Waals surface area contributed by atoms with Gasteiger partial charge in [-0.2, -0.15) is 0 Å². The van der Waals surface area contributed by atoms with Gasteiger partial charge in [0.05, 0.1) is 6.61 Å². The fourth-order valence-electron chi connectivity index (χ4n) is 2.51. The lowest BCUT2D eigenvalue weighted by Crippen LogP contribution is -2.63. The number of rotatable bonds is 8. The second-order valence-corrected chi connectivity index (χ2v) is 6.27. The summed E-state index contributed by atoms with van der Waals surface area (Å²) in [6.07, 6.45) is 2.23. The van der Waals surface area contributed by atoms with Gasteiger partial charge in [0, 0.05) is 18.6 Å². The van der Waals surface area contributed by atoms with Gasteiger partial charge in [-0.15, -0.1) is 0 Å². The first-order valence-electron chi connectivity index (χ1n) is 7.48. The van der Waals surface area contributed by atoms with E-state index in [-0.39, 0.29) is 12.0 Å². The standard InChI is InChI=1S/C15H30N2O2/c1-7-19-14(18)15(13-8-9-13,16-11(2)3)10-17(6)12(4)5/h11-13,16H,7-10H2,1-6H3. The largest absolute Gasteiger partial charge is 0.465 e. The Bertz CT molecular complexity index is 301. The van der Waals surface area contributed by atoms with E-state index in [2.05, 4.69) is 45.0 Å². The zero-order valence-electron chi connectivity index (χ0n) is 13.3. The van der Waals surface area contributed by atoms with Crippen molar-refractivity contribution in [2.45, 2.75) is 65.1 Å². The molecule has 0 aromatic rings. The molecule has 1 rings (SSSR count). The summed E-state index contributed by atoms with van der Waals surface area (Å²) in [7, 11) is 2.07. The van der Waals surface area contributed by atoms with Gasteiger partial charge in [0.2, 0.25) is 0 Å². The van der Waals surface area contributed by atoms with E-state index in [1.165, 1.54) is 0 Å². The van der Waals surface area contributed by atoms with Crippen LogP contribution in [-0.4, -0.2) is 48.7 Å². The summed E-state index contributed by atoms with van der Waals surface area (Å²) in [5.74, 6) is 0.328. The topological polar surface area (TPSA) is 41.6 Å². The van der Waals surface area contributed by atoms with Crippen LogP contribution in [0.25, 0.3) is 0 Å². The first kappa shape index (κ1) is 16.4. The van der Waals surface area contributed by atoms with Crippen molar-refractivity contribution in [2.75, 3.05) is 20.2 Å². The zero-order chi connectivity index (χ0) is 14.6. The Morgan fingerprint density at radius 3 is 2.32 bits per heavy atom. The van der Waals surface area contributed by atoms with Crippen molar-refractivity contribution in [2.24, 2.45) is 5.92 Å². The smallest absolute Gasteiger partial charge is 0.327 e. The average molecular weight is 270 g/mol. The maximum absolute atomic E-state index is 12.5. The predicted molar refractivity (Wildman–Crippen MR) is 78.1 cm³/mol. The van der Waals surface area contributed by atoms with Crippen molar-refractivity contribution in [3.63, 3.8) is 0 Å². The second-order valence-electron chi connectivity index (χ2n) is 6.27. The summed E-state index contributed by atoms with van der Waals surface area (Å²) in [5.41, 5.74) is -0.538. The molecule has 1 N–H and O–H groups in total. The summed E-state index contributed by atoms with van der Waals surface area (Å²) in [6.45, 7) is 11.5. The van der Waals surface area contributed by atoms with Crippen molar-refractivity contribution >= 4 is 5.97 Å². The summed E-state index contributed by atoms with van der Waals surface area (Å²) in [6, 6.07) is 0.687. The van der Waals surface area contributed by atoms with Crippen molar-refractivity contribution in [3.8, 4) is 0 Å². The Balaban J connectivity index is 2.94. The zero-order valence-corrected chi connectivity index (χ0v) is 13.3. The highest BCUT2D eigenvalue weighted by Gasteiger charge is 2.52. The van der Waals surface area contributed by atoms with Crippen LogP contribution in [0, 0.1) is 5.92 Å². The molecule has 0 bridgehead atoms. The molecule has 0 aromatic heterocycles. The van der Waals surface area contributed by atoms with E-state index in [1.807, 2.05) is 6.92 Å². The third-order valence-electron chi connectivity index (χ3n) is 3.84. The lowest BCUT2D eigenvalue weighted by molar-refractivity contribution is -0.154. The monoisotopic (exact) mass is 270 g/mol.